The zero-order valence-electron chi connectivity index (χ0n) is 28.6. The van der Waals surface area contributed by atoms with Gasteiger partial charge < -0.3 is 26.2 Å². The fourth-order valence-electron chi connectivity index (χ4n) is 5.53. The van der Waals surface area contributed by atoms with Gasteiger partial charge in [0.15, 0.2) is 0 Å². The molecule has 1 unspecified atom stereocenters. The summed E-state index contributed by atoms with van der Waals surface area (Å²) in [7, 11) is 0. The molecular weight excluding hydrogens is 592 g/mol. The van der Waals surface area contributed by atoms with Gasteiger partial charge in [0.2, 0.25) is 29.4 Å². The number of hydrogen-bond donors (Lipinski definition) is 4. The van der Waals surface area contributed by atoms with E-state index in [9.17, 15) is 33.6 Å². The summed E-state index contributed by atoms with van der Waals surface area (Å²) in [6.07, 6.45) is 5.06. The minimum Gasteiger partial charge on any atom is -0.346 e. The summed E-state index contributed by atoms with van der Waals surface area (Å²) in [6.45, 7) is 16.9. The van der Waals surface area contributed by atoms with Gasteiger partial charge in [-0.05, 0) is 36.5 Å². The lowest BCUT2D eigenvalue weighted by molar-refractivity contribution is -0.148. The van der Waals surface area contributed by atoms with Crippen molar-refractivity contribution < 1.29 is 33.6 Å². The standard InChI is InChI=1S/C33H54N6O7/c1-9-11-14-21(26(42)29(44)34-18-10-2)35-28(43)22-15-13-19-38(22)30(45)27(33(6,7)8)37-31(46)36-23(32(3,4)5)20-39-24(40)16-12-17-25(39)41/h10,21-23,27H,2,9,11-20H2,1,3-8H3,(H,34,44)(H,35,43)(H2,36,37,46)/t21?,22-,23+,27+/m0/s1. The number of nitrogens with zero attached hydrogens (tertiary/aromatic N) is 2. The zero-order valence-corrected chi connectivity index (χ0v) is 28.6. The highest BCUT2D eigenvalue weighted by molar-refractivity contribution is 6.38. The maximum absolute atomic E-state index is 14.0. The van der Waals surface area contributed by atoms with Crippen molar-refractivity contribution >= 4 is 41.4 Å². The van der Waals surface area contributed by atoms with E-state index in [-0.39, 0.29) is 50.7 Å². The minimum atomic E-state index is -1.04. The number of imide groups is 1. The van der Waals surface area contributed by atoms with Gasteiger partial charge in [-0.1, -0.05) is 67.4 Å². The van der Waals surface area contributed by atoms with Gasteiger partial charge in [0.1, 0.15) is 12.1 Å². The number of unbranched alkanes of at least 4 members (excludes halogenated alkanes) is 1. The van der Waals surface area contributed by atoms with E-state index >= 15 is 0 Å². The molecule has 258 valence electrons. The third-order valence-electron chi connectivity index (χ3n) is 8.44. The first-order chi connectivity index (χ1) is 21.4. The van der Waals surface area contributed by atoms with Crippen molar-refractivity contribution in [2.75, 3.05) is 19.6 Å². The minimum absolute atomic E-state index is 0.0145. The van der Waals surface area contributed by atoms with E-state index in [1.807, 2.05) is 27.7 Å². The molecule has 7 amide bonds. The fourth-order valence-corrected chi connectivity index (χ4v) is 5.53. The predicted molar refractivity (Wildman–Crippen MR) is 173 cm³/mol. The van der Waals surface area contributed by atoms with Crippen LogP contribution in [0, 0.1) is 10.8 Å². The Labute approximate surface area is 273 Å². The number of nitrogens with one attached hydrogen (secondary N) is 4. The first kappa shape index (κ1) is 38.4. The number of urea groups is 1. The van der Waals surface area contributed by atoms with Crippen LogP contribution in [0.1, 0.15) is 99.8 Å². The normalized spacial score (nSPS) is 19.2. The van der Waals surface area contributed by atoms with Gasteiger partial charge in [0.25, 0.3) is 5.91 Å². The van der Waals surface area contributed by atoms with Gasteiger partial charge in [0.05, 0.1) is 12.1 Å². The maximum atomic E-state index is 14.0. The van der Waals surface area contributed by atoms with Crippen LogP contribution in [0.25, 0.3) is 0 Å². The molecule has 0 bridgehead atoms. The molecule has 0 aromatic heterocycles. The third-order valence-corrected chi connectivity index (χ3v) is 8.44. The summed E-state index contributed by atoms with van der Waals surface area (Å²) in [5.74, 6) is -3.10. The quantitative estimate of drug-likeness (QED) is 0.127. The highest BCUT2D eigenvalue weighted by atomic mass is 16.2. The second-order valence-corrected chi connectivity index (χ2v) is 14.3. The van der Waals surface area contributed by atoms with Gasteiger partial charge in [-0.2, -0.15) is 0 Å². The molecule has 2 heterocycles. The van der Waals surface area contributed by atoms with Crippen LogP contribution in [0.4, 0.5) is 4.79 Å². The Morgan fingerprint density at radius 2 is 1.57 bits per heavy atom. The topological polar surface area (TPSA) is 174 Å². The van der Waals surface area contributed by atoms with Crippen LogP contribution in [0.2, 0.25) is 0 Å². The molecule has 2 aliphatic heterocycles. The highest BCUT2D eigenvalue weighted by Crippen LogP contribution is 2.27. The number of ketones is 1. The van der Waals surface area contributed by atoms with Crippen molar-refractivity contribution in [2.45, 2.75) is 124 Å². The fraction of sp³-hybridized carbons (Fsp3) is 0.727. The van der Waals surface area contributed by atoms with Crippen LogP contribution in [-0.4, -0.2) is 95.0 Å². The van der Waals surface area contributed by atoms with Gasteiger partial charge in [-0.15, -0.1) is 6.58 Å². The van der Waals surface area contributed by atoms with E-state index in [0.29, 0.717) is 25.7 Å². The first-order valence-corrected chi connectivity index (χ1v) is 16.4. The van der Waals surface area contributed by atoms with Gasteiger partial charge in [-0.3, -0.25) is 33.7 Å². The molecule has 2 aliphatic rings. The number of Topliss-reactive ketones (excluding diaryl/α,β-unsaturated/α-hetero) is 1. The van der Waals surface area contributed by atoms with Gasteiger partial charge >= 0.3 is 6.03 Å². The summed E-state index contributed by atoms with van der Waals surface area (Å²) in [6, 6.07) is -4.18. The Balaban J connectivity index is 2.21. The number of likely N-dealkylation sites (tertiary alicyclic amines) is 2. The molecule has 0 aromatic carbocycles. The van der Waals surface area contributed by atoms with Crippen molar-refractivity contribution in [2.24, 2.45) is 10.8 Å². The van der Waals surface area contributed by atoms with Crippen LogP contribution < -0.4 is 21.3 Å². The highest BCUT2D eigenvalue weighted by Gasteiger charge is 2.43. The zero-order chi connectivity index (χ0) is 34.8. The molecular formula is C33H54N6O7. The van der Waals surface area contributed by atoms with Crippen LogP contribution in [0.3, 0.4) is 0 Å². The van der Waals surface area contributed by atoms with Crippen molar-refractivity contribution in [1.29, 1.82) is 0 Å². The Hall–Kier alpha value is -3.77. The molecule has 4 atom stereocenters. The molecule has 13 heteroatoms. The number of hydrogen-bond acceptors (Lipinski definition) is 7. The van der Waals surface area contributed by atoms with Crippen molar-refractivity contribution in [1.82, 2.24) is 31.1 Å². The Kier molecular flexibility index (Phi) is 13.9. The van der Waals surface area contributed by atoms with E-state index in [0.717, 1.165) is 6.42 Å². The Morgan fingerprint density at radius 1 is 0.935 bits per heavy atom. The Bertz CT molecular complexity index is 1160. The molecule has 4 N–H and O–H groups in total. The number of amides is 7. The van der Waals surface area contributed by atoms with Gasteiger partial charge in [0, 0.05) is 32.5 Å². The molecule has 0 aromatic rings. The molecule has 46 heavy (non-hydrogen) atoms. The summed E-state index contributed by atoms with van der Waals surface area (Å²) in [4.78, 5) is 93.7. The van der Waals surface area contributed by atoms with Gasteiger partial charge in [-0.25, -0.2) is 4.79 Å². The average Bonchev–Trinajstić information content (AvgIpc) is 3.46. The van der Waals surface area contributed by atoms with E-state index in [4.69, 9.17) is 0 Å². The second kappa shape index (κ2) is 16.7. The van der Waals surface area contributed by atoms with Crippen molar-refractivity contribution in [3.8, 4) is 0 Å². The third kappa shape index (κ3) is 10.7. The van der Waals surface area contributed by atoms with E-state index in [2.05, 4.69) is 27.8 Å². The summed E-state index contributed by atoms with van der Waals surface area (Å²) < 4.78 is 0. The smallest absolute Gasteiger partial charge is 0.315 e. The predicted octanol–water partition coefficient (Wildman–Crippen LogP) is 2.19. The maximum Gasteiger partial charge on any atom is 0.315 e. The number of carbonyl (C=O) groups is 7. The Morgan fingerprint density at radius 3 is 2.11 bits per heavy atom. The lowest BCUT2D eigenvalue weighted by Crippen LogP contribution is -2.62. The second-order valence-electron chi connectivity index (χ2n) is 14.3. The monoisotopic (exact) mass is 646 g/mol. The van der Waals surface area contributed by atoms with Crippen molar-refractivity contribution in [3.63, 3.8) is 0 Å². The molecule has 2 rings (SSSR count). The number of piperidine rings is 1. The first-order valence-electron chi connectivity index (χ1n) is 16.4. The summed E-state index contributed by atoms with van der Waals surface area (Å²) in [5.41, 5.74) is -1.28. The largest absolute Gasteiger partial charge is 0.346 e. The van der Waals surface area contributed by atoms with E-state index < -0.39 is 64.5 Å². The summed E-state index contributed by atoms with van der Waals surface area (Å²) in [5, 5.41) is 10.9. The number of rotatable bonds is 14. The molecule has 2 saturated heterocycles. The SMILES string of the molecule is C=CCNC(=O)C(=O)C(CCCC)NC(=O)[C@@H]1CCCN1C(=O)[C@@H](NC(=O)N[C@H](CN1C(=O)CCCC1=O)C(C)(C)C)C(C)(C)C. The van der Waals surface area contributed by atoms with Crippen LogP contribution in [0.5, 0.6) is 0 Å². The molecule has 13 nitrogen and oxygen atoms in total. The molecule has 0 radical (unpaired) electrons. The van der Waals surface area contributed by atoms with Crippen LogP contribution in [0.15, 0.2) is 12.7 Å². The van der Waals surface area contributed by atoms with Crippen LogP contribution in [-0.2, 0) is 28.8 Å². The summed E-state index contributed by atoms with van der Waals surface area (Å²) >= 11 is 0. The van der Waals surface area contributed by atoms with Crippen LogP contribution >= 0.6 is 0 Å². The van der Waals surface area contributed by atoms with E-state index in [1.54, 1.807) is 20.8 Å². The van der Waals surface area contributed by atoms with Crippen molar-refractivity contribution in [3.05, 3.63) is 12.7 Å². The van der Waals surface area contributed by atoms with E-state index in [1.165, 1.54) is 15.9 Å². The number of carbonyl (C=O) groups excluding carboxylic acids is 7. The molecule has 0 saturated carbocycles. The molecule has 2 fully saturated rings. The average molecular weight is 647 g/mol. The lowest BCUT2D eigenvalue weighted by atomic mass is 9.85. The molecule has 0 aliphatic carbocycles. The molecule has 0 spiro atoms. The lowest BCUT2D eigenvalue weighted by Gasteiger charge is -2.38.